The average molecular weight is 1100 g/mol. The van der Waals surface area contributed by atoms with Gasteiger partial charge in [0, 0.05) is 48.8 Å². The van der Waals surface area contributed by atoms with Crippen molar-refractivity contribution >= 4 is 92.9 Å². The molecule has 0 aliphatic rings. The van der Waals surface area contributed by atoms with Crippen LogP contribution >= 0.6 is 0 Å². The number of hydrogen-bond acceptors (Lipinski definition) is 0. The van der Waals surface area contributed by atoms with Crippen molar-refractivity contribution < 1.29 is 0 Å². The summed E-state index contributed by atoms with van der Waals surface area (Å²) in [6.07, 6.45) is 0. The Kier molecular flexibility index (Phi) is 12.0. The average Bonchev–Trinajstić information content (AvgIpc) is 1.53. The Morgan fingerprint density at radius 1 is 0.274 bits per heavy atom. The van der Waals surface area contributed by atoms with Crippen molar-refractivity contribution in [2.45, 2.75) is 157 Å². The van der Waals surface area contributed by atoms with Crippen molar-refractivity contribution in [3.63, 3.8) is 0 Å². The van der Waals surface area contributed by atoms with Crippen molar-refractivity contribution in [2.75, 3.05) is 0 Å². The Hall–Kier alpha value is -8.33. The summed E-state index contributed by atoms with van der Waals surface area (Å²) in [6, 6.07) is 62.6. The van der Waals surface area contributed by atoms with Crippen molar-refractivity contribution in [3.05, 3.63) is 209 Å². The second kappa shape index (κ2) is 18.3. The Morgan fingerprint density at radius 3 is 0.857 bits per heavy atom. The number of hydrogen-bond donors (Lipinski definition) is 0. The van der Waals surface area contributed by atoms with Crippen molar-refractivity contribution in [3.8, 4) is 22.7 Å². The first kappa shape index (κ1) is 54.9. The number of nitrogens with zero attached hydrogens (tertiary/aromatic N) is 5. The maximum Gasteiger partial charge on any atom is 0.236 e. The molecule has 9 aromatic carbocycles. The summed E-state index contributed by atoms with van der Waals surface area (Å²) in [5, 5.41) is 9.18. The molecule has 0 aliphatic heterocycles. The van der Waals surface area contributed by atoms with E-state index < -0.39 is 0 Å². The van der Waals surface area contributed by atoms with Gasteiger partial charge in [0.1, 0.15) is 0 Å². The van der Waals surface area contributed by atoms with Crippen LogP contribution in [0.5, 0.6) is 0 Å². The van der Waals surface area contributed by atoms with Gasteiger partial charge in [-0.15, -0.1) is 0 Å². The van der Waals surface area contributed by atoms with Crippen molar-refractivity contribution in [1.82, 2.24) is 18.3 Å². The minimum Gasteiger partial charge on any atom is -0.318 e. The summed E-state index contributed by atoms with van der Waals surface area (Å²) in [5.41, 5.74) is 19.8. The highest BCUT2D eigenvalue weighted by Crippen LogP contribution is 2.54. The van der Waals surface area contributed by atoms with Gasteiger partial charge in [-0.25, -0.2) is 4.85 Å². The number of benzene rings is 9. The van der Waals surface area contributed by atoms with Crippen LogP contribution in [-0.4, -0.2) is 18.3 Å². The Morgan fingerprint density at radius 2 is 0.548 bits per heavy atom. The first-order valence-electron chi connectivity index (χ1n) is 30.3. The lowest BCUT2D eigenvalue weighted by Crippen LogP contribution is -2.12. The first-order valence-corrected chi connectivity index (χ1v) is 30.3. The maximum atomic E-state index is 10.2. The smallest absolute Gasteiger partial charge is 0.236 e. The van der Waals surface area contributed by atoms with Gasteiger partial charge in [0.25, 0.3) is 0 Å². The van der Waals surface area contributed by atoms with Gasteiger partial charge >= 0.3 is 0 Å². The highest BCUT2D eigenvalue weighted by atomic mass is 15.1. The van der Waals surface area contributed by atoms with E-state index in [1.807, 2.05) is 0 Å². The van der Waals surface area contributed by atoms with E-state index in [1.54, 1.807) is 0 Å². The van der Waals surface area contributed by atoms with Crippen molar-refractivity contribution in [2.24, 2.45) is 0 Å². The monoisotopic (exact) mass is 1100 g/mol. The molecule has 0 amide bonds. The third kappa shape index (κ3) is 8.44. The van der Waals surface area contributed by atoms with Gasteiger partial charge in [0.05, 0.1) is 67.8 Å². The topological polar surface area (TPSA) is 24.1 Å². The molecule has 0 N–H and O–H groups in total. The van der Waals surface area contributed by atoms with Crippen molar-refractivity contribution in [1.29, 1.82) is 0 Å². The molecule has 0 saturated heterocycles. The van der Waals surface area contributed by atoms with Gasteiger partial charge < -0.3 is 18.3 Å². The molecule has 422 valence electrons. The van der Waals surface area contributed by atoms with Crippen LogP contribution in [-0.2, 0) is 32.5 Å². The van der Waals surface area contributed by atoms with Crippen LogP contribution < -0.4 is 0 Å². The Labute approximate surface area is 497 Å². The SMILES string of the molecule is [C-]#[N+]c1c(-n2c3ccc(C(C)(C)C)cc3c3cc(C(C)(C)C)ccc32)c(-n2c3ccc(C(C)(C)C)cc3c3cc(C(C)(C)C)ccc32)c2c(c1-n1c3ccc(C(C)(C)C)cc3c3cc(C(C)(C)C)ccc31)c1ccccc1n2-c1ccccc1. The van der Waals surface area contributed by atoms with Gasteiger partial charge in [-0.2, -0.15) is 0 Å². The van der Waals surface area contributed by atoms with Gasteiger partial charge in [-0.05, 0) is 157 Å². The molecule has 4 heterocycles. The van der Waals surface area contributed by atoms with Crippen LogP contribution in [0.15, 0.2) is 164 Å². The molecule has 0 atom stereocenters. The van der Waals surface area contributed by atoms with E-state index >= 15 is 0 Å². The number of fused-ring (bicyclic) bond motifs is 12. The summed E-state index contributed by atoms with van der Waals surface area (Å²) < 4.78 is 10.0. The molecule has 84 heavy (non-hydrogen) atoms. The molecule has 13 aromatic rings. The van der Waals surface area contributed by atoms with Gasteiger partial charge in [-0.1, -0.05) is 197 Å². The zero-order valence-electron chi connectivity index (χ0n) is 52.8. The molecule has 5 heteroatoms. The number of para-hydroxylation sites is 2. The van der Waals surface area contributed by atoms with E-state index in [4.69, 9.17) is 4.85 Å². The summed E-state index contributed by atoms with van der Waals surface area (Å²) >= 11 is 0. The highest BCUT2D eigenvalue weighted by molar-refractivity contribution is 6.25. The molecule has 0 fully saturated rings. The first-order chi connectivity index (χ1) is 39.4. The van der Waals surface area contributed by atoms with E-state index in [2.05, 4.69) is 307 Å². The minimum absolute atomic E-state index is 0.100. The van der Waals surface area contributed by atoms with E-state index in [9.17, 15) is 6.57 Å². The number of aromatic nitrogens is 4. The molecule has 0 aliphatic carbocycles. The molecule has 13 rings (SSSR count). The standard InChI is InChI=1S/C79H81N5/c1-74(2,3)47-29-35-62-55(41-47)56-42-48(75(4,5)6)30-36-63(56)82(62)70-68-54-27-23-24-28-61(54)81(53-25-21-20-22-26-53)71(68)73(84-66-39-33-51(78(13,14)15)45-59(66)60-46-52(79(16,17)18)34-40-67(60)84)72(69(70)80-19)83-64-37-31-49(76(7,8)9)43-57(64)58-44-50(77(10,11)12)32-38-65(58)83/h20-46H,1-18H3. The molecule has 0 radical (unpaired) electrons. The van der Waals surface area contributed by atoms with Gasteiger partial charge in [0.15, 0.2) is 0 Å². The highest BCUT2D eigenvalue weighted by Gasteiger charge is 2.35. The summed E-state index contributed by atoms with van der Waals surface area (Å²) in [5.74, 6) is 0. The van der Waals surface area contributed by atoms with Crippen LogP contribution in [0.25, 0.3) is 115 Å². The fourth-order valence-corrected chi connectivity index (χ4v) is 13.3. The van der Waals surface area contributed by atoms with Gasteiger partial charge in [0.2, 0.25) is 5.69 Å². The van der Waals surface area contributed by atoms with Crippen LogP contribution in [0.3, 0.4) is 0 Å². The van der Waals surface area contributed by atoms with E-state index in [1.165, 1.54) is 65.7 Å². The molecule has 4 aromatic heterocycles. The fourth-order valence-electron chi connectivity index (χ4n) is 13.3. The normalized spacial score (nSPS) is 13.3. The largest absolute Gasteiger partial charge is 0.318 e. The maximum absolute atomic E-state index is 10.2. The lowest BCUT2D eigenvalue weighted by Gasteiger charge is -2.25. The molecular weight excluding hydrogens is 1020 g/mol. The molecule has 0 unspecified atom stereocenters. The Bertz CT molecular complexity index is 4720. The van der Waals surface area contributed by atoms with Crippen LogP contribution in [0, 0.1) is 6.57 Å². The van der Waals surface area contributed by atoms with E-state index in [0.717, 1.165) is 77.7 Å². The summed E-state index contributed by atoms with van der Waals surface area (Å²) in [4.78, 5) is 5.09. The van der Waals surface area contributed by atoms with E-state index in [0.29, 0.717) is 5.69 Å². The van der Waals surface area contributed by atoms with E-state index in [-0.39, 0.29) is 32.5 Å². The quantitative estimate of drug-likeness (QED) is 0.157. The molecule has 0 bridgehead atoms. The molecule has 0 spiro atoms. The predicted molar refractivity (Wildman–Crippen MR) is 362 cm³/mol. The number of rotatable bonds is 4. The van der Waals surface area contributed by atoms with Crippen LogP contribution in [0.2, 0.25) is 0 Å². The fraction of sp³-hybridized carbons (Fsp3) is 0.304. The summed E-state index contributed by atoms with van der Waals surface area (Å²) in [6.45, 7) is 51.8. The van der Waals surface area contributed by atoms with Crippen LogP contribution in [0.1, 0.15) is 158 Å². The van der Waals surface area contributed by atoms with Gasteiger partial charge in [-0.3, -0.25) is 0 Å². The minimum atomic E-state index is -0.114. The summed E-state index contributed by atoms with van der Waals surface area (Å²) in [7, 11) is 0. The Balaban J connectivity index is 1.38. The third-order valence-corrected chi connectivity index (χ3v) is 18.3. The lowest BCUT2D eigenvalue weighted by atomic mass is 9.85. The third-order valence-electron chi connectivity index (χ3n) is 18.3. The molecular formula is C79H81N5. The second-order valence-corrected chi connectivity index (χ2v) is 30.3. The predicted octanol–water partition coefficient (Wildman–Crippen LogP) is 22.4. The lowest BCUT2D eigenvalue weighted by molar-refractivity contribution is 0.590. The molecule has 0 saturated carbocycles. The zero-order chi connectivity index (χ0) is 59.7. The van der Waals surface area contributed by atoms with Crippen LogP contribution in [0.4, 0.5) is 5.69 Å². The zero-order valence-corrected chi connectivity index (χ0v) is 52.8. The second-order valence-electron chi connectivity index (χ2n) is 30.3. The molecule has 5 nitrogen and oxygen atoms in total.